The smallest absolute Gasteiger partial charge is 0.328 e. The molecule has 0 aliphatic heterocycles. The van der Waals surface area contributed by atoms with Gasteiger partial charge in [-0.05, 0) is 30.3 Å². The maximum absolute atomic E-state index is 13.4. The van der Waals surface area contributed by atoms with E-state index in [0.29, 0.717) is 11.3 Å². The van der Waals surface area contributed by atoms with Crippen molar-refractivity contribution in [3.8, 4) is 11.5 Å². The van der Waals surface area contributed by atoms with Gasteiger partial charge in [-0.15, -0.1) is 0 Å². The molecule has 0 aliphatic carbocycles. The van der Waals surface area contributed by atoms with Crippen LogP contribution in [0.5, 0.6) is 11.5 Å². The highest BCUT2D eigenvalue weighted by atomic mass is 79.9. The molecule has 0 aromatic heterocycles. The van der Waals surface area contributed by atoms with Crippen LogP contribution in [0.3, 0.4) is 0 Å². The summed E-state index contributed by atoms with van der Waals surface area (Å²) < 4.78 is 19.7. The van der Waals surface area contributed by atoms with E-state index in [0.717, 1.165) is 16.6 Å². The molecule has 0 saturated carbocycles. The van der Waals surface area contributed by atoms with Crippen molar-refractivity contribution in [2.24, 2.45) is 0 Å². The number of rotatable bonds is 4. The normalized spacial score (nSPS) is 10.8. The lowest BCUT2D eigenvalue weighted by atomic mass is 10.2. The molecule has 3 nitrogen and oxygen atoms in total. The predicted octanol–water partition coefficient (Wildman–Crippen LogP) is 5.13. The maximum atomic E-state index is 13.4. The Morgan fingerprint density at radius 1 is 1.29 bits per heavy atom. The second-order valence-electron chi connectivity index (χ2n) is 4.03. The van der Waals surface area contributed by atoms with Gasteiger partial charge in [0.1, 0.15) is 17.3 Å². The molecule has 21 heavy (non-hydrogen) atoms. The van der Waals surface area contributed by atoms with Crippen molar-refractivity contribution >= 4 is 39.6 Å². The van der Waals surface area contributed by atoms with Gasteiger partial charge in [-0.25, -0.2) is 9.18 Å². The molecule has 6 heteroatoms. The molecular weight excluding hydrogens is 363 g/mol. The molecule has 0 spiro atoms. The van der Waals surface area contributed by atoms with Gasteiger partial charge in [-0.1, -0.05) is 33.6 Å². The Morgan fingerprint density at radius 2 is 2.05 bits per heavy atom. The first kappa shape index (κ1) is 15.5. The fraction of sp³-hybridized carbons (Fsp3) is 0. The third-order valence-electron chi connectivity index (χ3n) is 2.50. The Hall–Kier alpha value is -1.85. The first-order chi connectivity index (χ1) is 9.95. The van der Waals surface area contributed by atoms with Crippen molar-refractivity contribution in [3.05, 3.63) is 63.4 Å². The molecular formula is C15H9BrClFO3. The van der Waals surface area contributed by atoms with Gasteiger partial charge in [0.2, 0.25) is 0 Å². The van der Waals surface area contributed by atoms with E-state index in [-0.39, 0.29) is 10.8 Å². The summed E-state index contributed by atoms with van der Waals surface area (Å²) in [6.45, 7) is 0. The zero-order valence-corrected chi connectivity index (χ0v) is 12.9. The second kappa shape index (κ2) is 6.74. The number of hydrogen-bond acceptors (Lipinski definition) is 2. The Kier molecular flexibility index (Phi) is 4.98. The Bertz CT molecular complexity index is 716. The lowest BCUT2D eigenvalue weighted by molar-refractivity contribution is -0.131. The van der Waals surface area contributed by atoms with E-state index in [4.69, 9.17) is 21.4 Å². The molecule has 0 unspecified atom stereocenters. The van der Waals surface area contributed by atoms with Gasteiger partial charge in [0, 0.05) is 22.2 Å². The predicted molar refractivity (Wildman–Crippen MR) is 82.3 cm³/mol. The quantitative estimate of drug-likeness (QED) is 0.758. The lowest BCUT2D eigenvalue weighted by Gasteiger charge is -2.10. The lowest BCUT2D eigenvalue weighted by Crippen LogP contribution is -1.91. The highest BCUT2D eigenvalue weighted by Gasteiger charge is 2.07. The number of carboxylic acid groups (broad SMARTS) is 1. The van der Waals surface area contributed by atoms with Gasteiger partial charge in [-0.2, -0.15) is 0 Å². The fourth-order valence-electron chi connectivity index (χ4n) is 1.56. The topological polar surface area (TPSA) is 46.5 Å². The van der Waals surface area contributed by atoms with E-state index in [1.54, 1.807) is 18.2 Å². The Morgan fingerprint density at radius 3 is 2.71 bits per heavy atom. The minimum absolute atomic E-state index is 0.00240. The number of carboxylic acids is 1. The van der Waals surface area contributed by atoms with Crippen LogP contribution in [-0.4, -0.2) is 11.1 Å². The third-order valence-corrected chi connectivity index (χ3v) is 3.30. The van der Waals surface area contributed by atoms with Gasteiger partial charge in [0.05, 0.1) is 5.02 Å². The number of carbonyl (C=O) groups is 1. The van der Waals surface area contributed by atoms with Crippen molar-refractivity contribution in [2.45, 2.75) is 0 Å². The van der Waals surface area contributed by atoms with Crippen molar-refractivity contribution in [3.63, 3.8) is 0 Å². The summed E-state index contributed by atoms with van der Waals surface area (Å²) in [4.78, 5) is 10.6. The minimum atomic E-state index is -1.07. The van der Waals surface area contributed by atoms with Gasteiger partial charge in [0.15, 0.2) is 0 Å². The van der Waals surface area contributed by atoms with E-state index in [1.807, 2.05) is 0 Å². The first-order valence-corrected chi connectivity index (χ1v) is 6.96. The number of ether oxygens (including phenoxy) is 1. The zero-order valence-electron chi connectivity index (χ0n) is 10.5. The summed E-state index contributed by atoms with van der Waals surface area (Å²) >= 11 is 8.91. The molecule has 2 aromatic carbocycles. The summed E-state index contributed by atoms with van der Waals surface area (Å²) in [7, 11) is 0. The van der Waals surface area contributed by atoms with Crippen molar-refractivity contribution in [2.75, 3.05) is 0 Å². The van der Waals surface area contributed by atoms with Gasteiger partial charge < -0.3 is 9.84 Å². The summed E-state index contributed by atoms with van der Waals surface area (Å²) in [5, 5.41) is 8.68. The van der Waals surface area contributed by atoms with Gasteiger partial charge in [0.25, 0.3) is 0 Å². The van der Waals surface area contributed by atoms with Crippen molar-refractivity contribution in [1.82, 2.24) is 0 Å². The van der Waals surface area contributed by atoms with Crippen molar-refractivity contribution < 1.29 is 19.0 Å². The number of aliphatic carboxylic acids is 1. The second-order valence-corrected chi connectivity index (χ2v) is 5.35. The molecule has 108 valence electrons. The summed E-state index contributed by atoms with van der Waals surface area (Å²) in [5.74, 6) is -1.00. The summed E-state index contributed by atoms with van der Waals surface area (Å²) in [6.07, 6.45) is 2.40. The molecule has 0 aliphatic rings. The molecule has 2 rings (SSSR count). The molecule has 0 heterocycles. The number of hydrogen-bond donors (Lipinski definition) is 1. The SMILES string of the molecule is O=C(O)/C=C/c1ccc(Br)cc1Oc1ccc(Cl)c(F)c1. The molecule has 0 bridgehead atoms. The highest BCUT2D eigenvalue weighted by molar-refractivity contribution is 9.10. The highest BCUT2D eigenvalue weighted by Crippen LogP contribution is 2.31. The summed E-state index contributed by atoms with van der Waals surface area (Å²) in [6, 6.07) is 9.16. The molecule has 2 aromatic rings. The van der Waals surface area contributed by atoms with Crippen LogP contribution in [-0.2, 0) is 4.79 Å². The van der Waals surface area contributed by atoms with Crippen LogP contribution in [0.1, 0.15) is 5.56 Å². The maximum Gasteiger partial charge on any atom is 0.328 e. The monoisotopic (exact) mass is 370 g/mol. The van der Waals surface area contributed by atoms with Crippen LogP contribution in [0.15, 0.2) is 46.9 Å². The van der Waals surface area contributed by atoms with E-state index >= 15 is 0 Å². The van der Waals surface area contributed by atoms with Crippen molar-refractivity contribution in [1.29, 1.82) is 0 Å². The fourth-order valence-corrected chi connectivity index (χ4v) is 2.02. The average Bonchev–Trinajstić information content (AvgIpc) is 2.42. The largest absolute Gasteiger partial charge is 0.478 e. The number of benzene rings is 2. The van der Waals surface area contributed by atoms with E-state index in [1.165, 1.54) is 18.2 Å². The number of halogens is 3. The molecule has 0 atom stereocenters. The molecule has 0 radical (unpaired) electrons. The van der Waals surface area contributed by atoms with Crippen LogP contribution in [0.4, 0.5) is 4.39 Å². The van der Waals surface area contributed by atoms with E-state index < -0.39 is 11.8 Å². The van der Waals surface area contributed by atoms with Gasteiger partial charge >= 0.3 is 5.97 Å². The molecule has 0 saturated heterocycles. The van der Waals surface area contributed by atoms with Crippen LogP contribution in [0, 0.1) is 5.82 Å². The van der Waals surface area contributed by atoms with Crippen LogP contribution < -0.4 is 4.74 Å². The minimum Gasteiger partial charge on any atom is -0.478 e. The molecule has 0 fully saturated rings. The van der Waals surface area contributed by atoms with E-state index in [9.17, 15) is 9.18 Å². The van der Waals surface area contributed by atoms with Gasteiger partial charge in [-0.3, -0.25) is 0 Å². The average molecular weight is 372 g/mol. The van der Waals surface area contributed by atoms with Crippen LogP contribution >= 0.6 is 27.5 Å². The Balaban J connectivity index is 2.35. The standard InChI is InChI=1S/C15H9BrClFO3/c16-10-3-1-9(2-6-15(19)20)14(7-10)21-11-4-5-12(17)13(18)8-11/h1-8H,(H,19,20)/b6-2+. The molecule has 0 amide bonds. The van der Waals surface area contributed by atoms with Crippen LogP contribution in [0.2, 0.25) is 5.02 Å². The third kappa shape index (κ3) is 4.31. The van der Waals surface area contributed by atoms with E-state index in [2.05, 4.69) is 15.9 Å². The van der Waals surface area contributed by atoms with Crippen LogP contribution in [0.25, 0.3) is 6.08 Å². The Labute approximate surface area is 133 Å². The molecule has 1 N–H and O–H groups in total. The first-order valence-electron chi connectivity index (χ1n) is 5.79. The zero-order chi connectivity index (χ0) is 15.4. The summed E-state index contributed by atoms with van der Waals surface area (Å²) in [5.41, 5.74) is 0.552.